The normalized spacial score (nSPS) is 11.1. The second kappa shape index (κ2) is 4.62. The Morgan fingerprint density at radius 3 is 2.67 bits per heavy atom. The van der Waals surface area contributed by atoms with E-state index in [9.17, 15) is 9.59 Å². The number of aryl methyl sites for hydroxylation is 2. The van der Waals surface area contributed by atoms with E-state index in [1.807, 2.05) is 31.3 Å². The highest BCUT2D eigenvalue weighted by Crippen LogP contribution is 2.17. The first kappa shape index (κ1) is 13.2. The van der Waals surface area contributed by atoms with E-state index in [4.69, 9.17) is 5.73 Å². The van der Waals surface area contributed by atoms with Crippen molar-refractivity contribution in [3.05, 3.63) is 57.0 Å². The summed E-state index contributed by atoms with van der Waals surface area (Å²) in [5, 5.41) is 5.31. The topological polar surface area (TPSA) is 87.8 Å². The van der Waals surface area contributed by atoms with Gasteiger partial charge in [0.05, 0.1) is 17.8 Å². The highest BCUT2D eigenvalue weighted by molar-refractivity contribution is 5.81. The molecule has 0 radical (unpaired) electrons. The molecule has 0 saturated heterocycles. The minimum Gasteiger partial charge on any atom is -0.393 e. The average molecular weight is 285 g/mol. The lowest BCUT2D eigenvalue weighted by Gasteiger charge is -2.07. The fraction of sp³-hybridized carbons (Fsp3) is 0.214. The number of aromatic nitrogens is 4. The number of hydrogen-bond donors (Lipinski definition) is 1. The standard InChI is InChI=1S/C14H15N5O2/c1-17-7-10(15)13(20)19(14(17)21)8-11-9-5-3-4-6-12(9)18(2)16-11/h3-7H,8,15H2,1-2H3. The van der Waals surface area contributed by atoms with Crippen LogP contribution in [-0.4, -0.2) is 18.9 Å². The van der Waals surface area contributed by atoms with Crippen LogP contribution in [0.25, 0.3) is 10.9 Å². The number of fused-ring (bicyclic) bond motifs is 1. The van der Waals surface area contributed by atoms with Crippen LogP contribution in [-0.2, 0) is 20.6 Å². The molecule has 0 bridgehead atoms. The van der Waals surface area contributed by atoms with E-state index in [0.29, 0.717) is 5.69 Å². The molecule has 3 rings (SSSR count). The largest absolute Gasteiger partial charge is 0.393 e. The van der Waals surface area contributed by atoms with Gasteiger partial charge in [-0.05, 0) is 6.07 Å². The predicted octanol–water partition coefficient (Wildman–Crippen LogP) is 0.0642. The van der Waals surface area contributed by atoms with Crippen LogP contribution in [0.5, 0.6) is 0 Å². The molecule has 0 aliphatic rings. The highest BCUT2D eigenvalue weighted by atomic mass is 16.2. The number of nitrogen functional groups attached to an aromatic ring is 1. The number of anilines is 1. The van der Waals surface area contributed by atoms with E-state index >= 15 is 0 Å². The maximum Gasteiger partial charge on any atom is 0.331 e. The highest BCUT2D eigenvalue weighted by Gasteiger charge is 2.13. The smallest absolute Gasteiger partial charge is 0.331 e. The number of para-hydroxylation sites is 1. The summed E-state index contributed by atoms with van der Waals surface area (Å²) < 4.78 is 4.12. The van der Waals surface area contributed by atoms with E-state index in [-0.39, 0.29) is 12.2 Å². The van der Waals surface area contributed by atoms with Crippen molar-refractivity contribution in [2.45, 2.75) is 6.54 Å². The summed E-state index contributed by atoms with van der Waals surface area (Å²) in [6.45, 7) is 0.0951. The fourth-order valence-electron chi connectivity index (χ4n) is 2.45. The number of rotatable bonds is 2. The lowest BCUT2D eigenvalue weighted by atomic mass is 10.2. The Morgan fingerprint density at radius 1 is 1.19 bits per heavy atom. The minimum absolute atomic E-state index is 0.0392. The molecule has 3 aromatic rings. The van der Waals surface area contributed by atoms with Crippen LogP contribution in [0.2, 0.25) is 0 Å². The molecule has 0 aliphatic heterocycles. The molecule has 0 saturated carbocycles. The summed E-state index contributed by atoms with van der Waals surface area (Å²) >= 11 is 0. The summed E-state index contributed by atoms with van der Waals surface area (Å²) in [7, 11) is 3.39. The molecule has 2 aromatic heterocycles. The van der Waals surface area contributed by atoms with Gasteiger partial charge in [-0.1, -0.05) is 18.2 Å². The molecule has 0 spiro atoms. The van der Waals surface area contributed by atoms with Crippen molar-refractivity contribution < 1.29 is 0 Å². The zero-order valence-corrected chi connectivity index (χ0v) is 11.8. The molecule has 1 aromatic carbocycles. The molecule has 2 N–H and O–H groups in total. The molecule has 0 atom stereocenters. The van der Waals surface area contributed by atoms with E-state index < -0.39 is 11.2 Å². The third kappa shape index (κ3) is 2.03. The molecule has 0 amide bonds. The number of hydrogen-bond acceptors (Lipinski definition) is 4. The Kier molecular flexibility index (Phi) is 2.90. The van der Waals surface area contributed by atoms with Gasteiger partial charge in [-0.3, -0.25) is 14.0 Å². The van der Waals surface area contributed by atoms with Crippen LogP contribution in [0.3, 0.4) is 0 Å². The van der Waals surface area contributed by atoms with Gasteiger partial charge in [0, 0.05) is 25.7 Å². The second-order valence-electron chi connectivity index (χ2n) is 4.96. The van der Waals surface area contributed by atoms with E-state index in [2.05, 4.69) is 5.10 Å². The van der Waals surface area contributed by atoms with Gasteiger partial charge in [-0.2, -0.15) is 5.10 Å². The van der Waals surface area contributed by atoms with Crippen LogP contribution in [0.15, 0.2) is 40.1 Å². The summed E-state index contributed by atoms with van der Waals surface area (Å²) in [6, 6.07) is 7.67. The average Bonchev–Trinajstić information content (AvgIpc) is 2.79. The summed E-state index contributed by atoms with van der Waals surface area (Å²) in [5.41, 5.74) is 6.39. The molecular formula is C14H15N5O2. The molecule has 0 fully saturated rings. The minimum atomic E-state index is -0.493. The van der Waals surface area contributed by atoms with Gasteiger partial charge in [0.2, 0.25) is 0 Å². The number of nitrogens with zero attached hydrogens (tertiary/aromatic N) is 4. The van der Waals surface area contributed by atoms with Gasteiger partial charge in [0.1, 0.15) is 5.69 Å². The first-order chi connectivity index (χ1) is 9.99. The van der Waals surface area contributed by atoms with Gasteiger partial charge >= 0.3 is 5.69 Å². The number of benzene rings is 1. The first-order valence-electron chi connectivity index (χ1n) is 6.45. The summed E-state index contributed by atoms with van der Waals surface area (Å²) in [6.07, 6.45) is 1.33. The molecule has 7 heteroatoms. The molecule has 7 nitrogen and oxygen atoms in total. The molecule has 0 unspecified atom stereocenters. The Hall–Kier alpha value is -2.83. The van der Waals surface area contributed by atoms with Crippen LogP contribution >= 0.6 is 0 Å². The van der Waals surface area contributed by atoms with E-state index in [0.717, 1.165) is 15.5 Å². The van der Waals surface area contributed by atoms with Crippen molar-refractivity contribution >= 4 is 16.6 Å². The maximum absolute atomic E-state index is 12.1. The van der Waals surface area contributed by atoms with E-state index in [1.54, 1.807) is 11.7 Å². The van der Waals surface area contributed by atoms with Crippen molar-refractivity contribution in [1.82, 2.24) is 18.9 Å². The molecule has 21 heavy (non-hydrogen) atoms. The quantitative estimate of drug-likeness (QED) is 0.721. The van der Waals surface area contributed by atoms with Gasteiger partial charge in [-0.15, -0.1) is 0 Å². The van der Waals surface area contributed by atoms with Gasteiger partial charge in [0.15, 0.2) is 0 Å². The van der Waals surface area contributed by atoms with Crippen molar-refractivity contribution in [3.63, 3.8) is 0 Å². The molecule has 2 heterocycles. The van der Waals surface area contributed by atoms with Gasteiger partial charge < -0.3 is 10.3 Å². The van der Waals surface area contributed by atoms with Crippen LogP contribution in [0, 0.1) is 0 Å². The Bertz CT molecular complexity index is 914. The molecular weight excluding hydrogens is 270 g/mol. The predicted molar refractivity (Wildman–Crippen MR) is 80.2 cm³/mol. The lowest BCUT2D eigenvalue weighted by molar-refractivity contribution is 0.626. The molecule has 0 aliphatic carbocycles. The van der Waals surface area contributed by atoms with Crippen molar-refractivity contribution in [2.24, 2.45) is 14.1 Å². The van der Waals surface area contributed by atoms with Crippen LogP contribution in [0.4, 0.5) is 5.69 Å². The van der Waals surface area contributed by atoms with Gasteiger partial charge in [0.25, 0.3) is 5.56 Å². The SMILES string of the molecule is Cn1cc(N)c(=O)n(Cc2nn(C)c3ccccc23)c1=O. The third-order valence-corrected chi connectivity index (χ3v) is 3.50. The summed E-state index contributed by atoms with van der Waals surface area (Å²) in [5.74, 6) is 0. The van der Waals surface area contributed by atoms with Crippen molar-refractivity contribution in [3.8, 4) is 0 Å². The Labute approximate surface area is 119 Å². The van der Waals surface area contributed by atoms with Crippen molar-refractivity contribution in [1.29, 1.82) is 0 Å². The van der Waals surface area contributed by atoms with Gasteiger partial charge in [-0.25, -0.2) is 4.79 Å². The zero-order chi connectivity index (χ0) is 15.1. The Balaban J connectivity index is 2.21. The fourth-order valence-corrected chi connectivity index (χ4v) is 2.45. The third-order valence-electron chi connectivity index (χ3n) is 3.50. The van der Waals surface area contributed by atoms with E-state index in [1.165, 1.54) is 10.8 Å². The first-order valence-corrected chi connectivity index (χ1v) is 6.45. The lowest BCUT2D eigenvalue weighted by Crippen LogP contribution is -2.40. The van der Waals surface area contributed by atoms with Crippen LogP contribution < -0.4 is 17.0 Å². The number of nitrogens with two attached hydrogens (primary N) is 1. The zero-order valence-electron chi connectivity index (χ0n) is 11.8. The summed E-state index contributed by atoms with van der Waals surface area (Å²) in [4.78, 5) is 24.2. The maximum atomic E-state index is 12.1. The van der Waals surface area contributed by atoms with Crippen molar-refractivity contribution in [2.75, 3.05) is 5.73 Å². The Morgan fingerprint density at radius 2 is 1.90 bits per heavy atom. The second-order valence-corrected chi connectivity index (χ2v) is 4.96. The molecule has 108 valence electrons. The monoisotopic (exact) mass is 285 g/mol. The van der Waals surface area contributed by atoms with Crippen LogP contribution in [0.1, 0.15) is 5.69 Å².